The lowest BCUT2D eigenvalue weighted by Crippen LogP contribution is -2.33. The van der Waals surface area contributed by atoms with Gasteiger partial charge in [-0.2, -0.15) is 0 Å². The van der Waals surface area contributed by atoms with Gasteiger partial charge in [-0.25, -0.2) is 14.4 Å². The van der Waals surface area contributed by atoms with E-state index < -0.39 is 30.1 Å². The maximum atomic E-state index is 12.7. The topological polar surface area (TPSA) is 88.1 Å². The van der Waals surface area contributed by atoms with Crippen molar-refractivity contribution < 1.29 is 33.3 Å². The monoisotopic (exact) mass is 445 g/mol. The number of carbonyl (C=O) groups excluding carboxylic acids is 3. The summed E-state index contributed by atoms with van der Waals surface area (Å²) in [5.74, 6) is -1.76. The molecule has 0 amide bonds. The van der Waals surface area contributed by atoms with Crippen LogP contribution in [0.5, 0.6) is 0 Å². The highest BCUT2D eigenvalue weighted by Gasteiger charge is 2.45. The molecule has 0 N–H and O–H groups in total. The predicted molar refractivity (Wildman–Crippen MR) is 117 cm³/mol. The molecule has 0 bridgehead atoms. The number of ether oxygens (including phenoxy) is 4. The maximum Gasteiger partial charge on any atom is 0.339 e. The Morgan fingerprint density at radius 2 is 1.18 bits per heavy atom. The van der Waals surface area contributed by atoms with Gasteiger partial charge in [0.1, 0.15) is 12.7 Å². The fourth-order valence-electron chi connectivity index (χ4n) is 3.25. The molecule has 0 saturated carbocycles. The molecular weight excluding hydrogens is 424 g/mol. The van der Waals surface area contributed by atoms with Crippen molar-refractivity contribution in [2.75, 3.05) is 13.2 Å². The average molecular weight is 445 g/mol. The van der Waals surface area contributed by atoms with Crippen LogP contribution in [-0.2, 0) is 18.9 Å². The van der Waals surface area contributed by atoms with E-state index in [1.165, 1.54) is 0 Å². The molecule has 33 heavy (non-hydrogen) atoms. The minimum Gasteiger partial charge on any atom is -0.459 e. The van der Waals surface area contributed by atoms with Crippen LogP contribution in [0.3, 0.4) is 0 Å². The third-order valence-electron chi connectivity index (χ3n) is 4.94. The van der Waals surface area contributed by atoms with Crippen LogP contribution in [0.25, 0.3) is 0 Å². The first kappa shape index (κ1) is 22.2. The Morgan fingerprint density at radius 1 is 0.697 bits per heavy atom. The second-order valence-electron chi connectivity index (χ2n) is 7.20. The molecule has 0 unspecified atom stereocenters. The summed E-state index contributed by atoms with van der Waals surface area (Å²) in [5.41, 5.74) is 1.06. The van der Waals surface area contributed by atoms with Crippen LogP contribution >= 0.6 is 0 Å². The van der Waals surface area contributed by atoms with E-state index in [1.54, 1.807) is 91.0 Å². The van der Waals surface area contributed by atoms with Crippen molar-refractivity contribution >= 4 is 17.9 Å². The first-order chi connectivity index (χ1) is 16.1. The number of carbonyl (C=O) groups is 3. The summed E-state index contributed by atoms with van der Waals surface area (Å²) in [4.78, 5) is 37.5. The summed E-state index contributed by atoms with van der Waals surface area (Å²) in [6.45, 7) is -0.242. The van der Waals surface area contributed by atoms with Crippen molar-refractivity contribution in [3.8, 4) is 0 Å². The van der Waals surface area contributed by atoms with Crippen molar-refractivity contribution in [3.05, 3.63) is 114 Å². The number of hydrogen-bond acceptors (Lipinski definition) is 7. The summed E-state index contributed by atoms with van der Waals surface area (Å²) in [5, 5.41) is 0. The van der Waals surface area contributed by atoms with Gasteiger partial charge >= 0.3 is 17.9 Å². The van der Waals surface area contributed by atoms with Gasteiger partial charge in [0.15, 0.2) is 6.10 Å². The van der Waals surface area contributed by atoms with Crippen molar-refractivity contribution in [2.24, 2.45) is 0 Å². The van der Waals surface area contributed by atoms with Crippen molar-refractivity contribution in [1.29, 1.82) is 0 Å². The Morgan fingerprint density at radius 3 is 1.73 bits per heavy atom. The van der Waals surface area contributed by atoms with Crippen LogP contribution in [0.15, 0.2) is 91.0 Å². The lowest BCUT2D eigenvalue weighted by Gasteiger charge is -2.21. The molecule has 2 atom stereocenters. The number of rotatable bonds is 7. The highest BCUT2D eigenvalue weighted by atomic mass is 16.6. The van der Waals surface area contributed by atoms with Gasteiger partial charge in [-0.05, 0) is 36.4 Å². The van der Waals surface area contributed by atoms with Crippen molar-refractivity contribution in [1.82, 2.24) is 0 Å². The summed E-state index contributed by atoms with van der Waals surface area (Å²) in [6, 6.07) is 25.3. The molecule has 7 nitrogen and oxygen atoms in total. The fourth-order valence-corrected chi connectivity index (χ4v) is 3.25. The zero-order chi connectivity index (χ0) is 23.0. The molecule has 0 aromatic heterocycles. The summed E-state index contributed by atoms with van der Waals surface area (Å²) in [7, 11) is 0. The van der Waals surface area contributed by atoms with Crippen LogP contribution in [0.4, 0.5) is 0 Å². The number of benzene rings is 3. The predicted octanol–water partition coefficient (Wildman–Crippen LogP) is 3.86. The van der Waals surface area contributed by atoms with E-state index in [2.05, 4.69) is 0 Å². The van der Waals surface area contributed by atoms with E-state index in [-0.39, 0.29) is 19.3 Å². The van der Waals surface area contributed by atoms with Crippen LogP contribution in [0, 0.1) is 6.10 Å². The minimum atomic E-state index is -0.939. The quantitative estimate of drug-likeness (QED) is 0.403. The first-order valence-corrected chi connectivity index (χ1v) is 10.4. The van der Waals surface area contributed by atoms with Crippen molar-refractivity contribution in [3.63, 3.8) is 0 Å². The third kappa shape index (κ3) is 5.64. The Bertz CT molecular complexity index is 1080. The summed E-state index contributed by atoms with van der Waals surface area (Å²) in [6.07, 6.45) is -1.74. The minimum absolute atomic E-state index is 0.0382. The first-order valence-electron chi connectivity index (χ1n) is 10.4. The third-order valence-corrected chi connectivity index (χ3v) is 4.94. The molecule has 4 rings (SSSR count). The Labute approximate surface area is 190 Å². The van der Waals surface area contributed by atoms with E-state index in [1.807, 2.05) is 0 Å². The molecule has 0 spiro atoms. The van der Waals surface area contributed by atoms with Crippen LogP contribution in [0.1, 0.15) is 31.1 Å². The van der Waals surface area contributed by atoms with Gasteiger partial charge in [0, 0.05) is 0 Å². The van der Waals surface area contributed by atoms with Gasteiger partial charge in [0.2, 0.25) is 6.10 Å². The van der Waals surface area contributed by atoms with Crippen molar-refractivity contribution in [2.45, 2.75) is 12.2 Å². The SMILES string of the molecule is O=C(OC[C@H]1OC[C@H](OC(=O)c2ccccc2)[C]1OC(=O)c1ccccc1)c1ccccc1. The summed E-state index contributed by atoms with van der Waals surface area (Å²) >= 11 is 0. The molecule has 1 radical (unpaired) electrons. The molecular formula is C26H21O7. The molecule has 0 aliphatic carbocycles. The lowest BCUT2D eigenvalue weighted by molar-refractivity contribution is -0.00288. The van der Waals surface area contributed by atoms with Crippen LogP contribution in [0.2, 0.25) is 0 Å². The zero-order valence-electron chi connectivity index (χ0n) is 17.6. The number of esters is 3. The van der Waals surface area contributed by atoms with Gasteiger partial charge in [0.25, 0.3) is 0 Å². The van der Waals surface area contributed by atoms with E-state index in [9.17, 15) is 14.4 Å². The molecule has 1 fully saturated rings. The number of hydrogen-bond donors (Lipinski definition) is 0. The van der Waals surface area contributed by atoms with E-state index in [4.69, 9.17) is 18.9 Å². The largest absolute Gasteiger partial charge is 0.459 e. The normalized spacial score (nSPS) is 17.8. The van der Waals surface area contributed by atoms with Gasteiger partial charge in [-0.3, -0.25) is 0 Å². The van der Waals surface area contributed by atoms with Gasteiger partial charge in [-0.1, -0.05) is 54.6 Å². The molecule has 167 valence electrons. The molecule has 7 heteroatoms. The van der Waals surface area contributed by atoms with Gasteiger partial charge in [0.05, 0.1) is 23.3 Å². The van der Waals surface area contributed by atoms with E-state index >= 15 is 0 Å². The van der Waals surface area contributed by atoms with Crippen LogP contribution in [-0.4, -0.2) is 43.3 Å². The standard InChI is InChI=1S/C26H21O7/c27-24(18-10-4-1-5-11-18)31-16-21-23(33-26(29)20-14-8-3-9-15-20)22(17-30-21)32-25(28)19-12-6-2-7-13-19/h1-15,21-22H,16-17H2/t21-,22+/m1/s1. The maximum absolute atomic E-state index is 12.7. The molecule has 1 aliphatic rings. The Hall–Kier alpha value is -3.97. The second kappa shape index (κ2) is 10.6. The van der Waals surface area contributed by atoms with Gasteiger partial charge in [-0.15, -0.1) is 0 Å². The Kier molecular flexibility index (Phi) is 7.12. The zero-order valence-corrected chi connectivity index (χ0v) is 17.6. The highest BCUT2D eigenvalue weighted by molar-refractivity contribution is 5.91. The average Bonchev–Trinajstić information content (AvgIpc) is 3.24. The highest BCUT2D eigenvalue weighted by Crippen LogP contribution is 2.30. The molecule has 3 aromatic carbocycles. The second-order valence-corrected chi connectivity index (χ2v) is 7.20. The molecule has 1 saturated heterocycles. The smallest absolute Gasteiger partial charge is 0.339 e. The molecule has 3 aromatic rings. The lowest BCUT2D eigenvalue weighted by atomic mass is 10.1. The molecule has 1 heterocycles. The van der Waals surface area contributed by atoms with E-state index in [0.29, 0.717) is 16.7 Å². The van der Waals surface area contributed by atoms with Gasteiger partial charge < -0.3 is 18.9 Å². The van der Waals surface area contributed by atoms with E-state index in [0.717, 1.165) is 0 Å². The molecule has 1 aliphatic heterocycles. The fraction of sp³-hybridized carbons (Fsp3) is 0.154. The van der Waals surface area contributed by atoms with Crippen LogP contribution < -0.4 is 0 Å². The summed E-state index contributed by atoms with van der Waals surface area (Å²) < 4.78 is 22.2. The Balaban J connectivity index is 1.46.